The van der Waals surface area contributed by atoms with Crippen molar-refractivity contribution >= 4 is 23.6 Å². The maximum absolute atomic E-state index is 12.1. The third-order valence-corrected chi connectivity index (χ3v) is 3.29. The average Bonchev–Trinajstić information content (AvgIpc) is 3.16. The van der Waals surface area contributed by atoms with Crippen molar-refractivity contribution in [3.05, 3.63) is 90.4 Å². The van der Waals surface area contributed by atoms with E-state index < -0.39 is 5.97 Å². The Balaban J connectivity index is 1.57. The third-order valence-electron chi connectivity index (χ3n) is 3.29. The molecule has 1 amide bonds. The number of rotatable bonds is 5. The van der Waals surface area contributed by atoms with Crippen molar-refractivity contribution < 1.29 is 18.7 Å². The molecule has 5 nitrogen and oxygen atoms in total. The van der Waals surface area contributed by atoms with Crippen LogP contribution in [-0.4, -0.2) is 11.9 Å². The van der Waals surface area contributed by atoms with Crippen LogP contribution in [0.2, 0.25) is 0 Å². The third kappa shape index (κ3) is 4.68. The molecule has 0 fully saturated rings. The van der Waals surface area contributed by atoms with Gasteiger partial charge in [-0.25, -0.2) is 4.79 Å². The highest BCUT2D eigenvalue weighted by Crippen LogP contribution is 2.17. The summed E-state index contributed by atoms with van der Waals surface area (Å²) < 4.78 is 10.3. The van der Waals surface area contributed by atoms with Crippen LogP contribution in [-0.2, 0) is 4.79 Å². The summed E-state index contributed by atoms with van der Waals surface area (Å²) in [6, 6.07) is 18.9. The highest BCUT2D eigenvalue weighted by Gasteiger charge is 2.06. The van der Waals surface area contributed by atoms with Crippen LogP contribution in [0.25, 0.3) is 6.08 Å². The second-order valence-electron chi connectivity index (χ2n) is 5.11. The van der Waals surface area contributed by atoms with E-state index in [-0.39, 0.29) is 5.91 Å². The minimum absolute atomic E-state index is 0.202. The average molecular weight is 333 g/mol. The van der Waals surface area contributed by atoms with Gasteiger partial charge in [0.2, 0.25) is 0 Å². The van der Waals surface area contributed by atoms with E-state index in [1.165, 1.54) is 18.4 Å². The van der Waals surface area contributed by atoms with Crippen LogP contribution >= 0.6 is 0 Å². The molecule has 0 saturated carbocycles. The van der Waals surface area contributed by atoms with E-state index in [4.69, 9.17) is 9.15 Å². The number of furan rings is 1. The number of anilines is 1. The van der Waals surface area contributed by atoms with E-state index in [2.05, 4.69) is 5.32 Å². The van der Waals surface area contributed by atoms with Crippen LogP contribution in [0.15, 0.2) is 83.5 Å². The summed E-state index contributed by atoms with van der Waals surface area (Å²) in [6.07, 6.45) is 4.33. The lowest BCUT2D eigenvalue weighted by atomic mass is 10.2. The van der Waals surface area contributed by atoms with Gasteiger partial charge in [-0.3, -0.25) is 4.79 Å². The molecular weight excluding hydrogens is 318 g/mol. The van der Waals surface area contributed by atoms with E-state index >= 15 is 0 Å². The van der Waals surface area contributed by atoms with E-state index in [1.54, 1.807) is 60.7 Å². The molecular formula is C20H15NO4. The first kappa shape index (κ1) is 16.3. The molecule has 0 aliphatic rings. The number of hydrogen-bond acceptors (Lipinski definition) is 4. The molecule has 5 heteroatoms. The fourth-order valence-electron chi connectivity index (χ4n) is 2.09. The zero-order valence-electron chi connectivity index (χ0n) is 13.2. The molecule has 124 valence electrons. The van der Waals surface area contributed by atoms with Crippen molar-refractivity contribution in [2.75, 3.05) is 5.32 Å². The van der Waals surface area contributed by atoms with Gasteiger partial charge >= 0.3 is 5.97 Å². The monoisotopic (exact) mass is 333 g/mol. The summed E-state index contributed by atoms with van der Waals surface area (Å²) >= 11 is 0. The highest BCUT2D eigenvalue weighted by molar-refractivity contribution is 6.04. The predicted octanol–water partition coefficient (Wildman–Crippen LogP) is 4.15. The van der Waals surface area contributed by atoms with Crippen LogP contribution in [0, 0.1) is 0 Å². The van der Waals surface area contributed by atoms with Crippen LogP contribution in [0.5, 0.6) is 5.75 Å². The standard InChI is InChI=1S/C20H15NO4/c22-19(13-12-17-7-4-14-24-17)25-18-10-8-16(9-11-18)21-20(23)15-5-2-1-3-6-15/h1-14H,(H,21,23)/b13-12+. The van der Waals surface area contributed by atoms with Gasteiger partial charge in [0, 0.05) is 17.3 Å². The summed E-state index contributed by atoms with van der Waals surface area (Å²) in [6.45, 7) is 0. The predicted molar refractivity (Wildman–Crippen MR) is 94.2 cm³/mol. The van der Waals surface area contributed by atoms with Gasteiger partial charge in [0.15, 0.2) is 0 Å². The summed E-state index contributed by atoms with van der Waals surface area (Å²) in [5.74, 6) is 0.229. The molecule has 1 heterocycles. The normalized spacial score (nSPS) is 10.6. The molecule has 2 aromatic carbocycles. The van der Waals surface area contributed by atoms with Crippen molar-refractivity contribution in [3.63, 3.8) is 0 Å². The Hall–Kier alpha value is -3.60. The molecule has 0 spiro atoms. The van der Waals surface area contributed by atoms with Crippen molar-refractivity contribution in [1.82, 2.24) is 0 Å². The number of ether oxygens (including phenoxy) is 1. The molecule has 0 aliphatic carbocycles. The second kappa shape index (κ2) is 7.79. The van der Waals surface area contributed by atoms with Gasteiger partial charge < -0.3 is 14.5 Å². The van der Waals surface area contributed by atoms with Crippen molar-refractivity contribution in [1.29, 1.82) is 0 Å². The minimum atomic E-state index is -0.516. The van der Waals surface area contributed by atoms with Crippen LogP contribution in [0.3, 0.4) is 0 Å². The lowest BCUT2D eigenvalue weighted by Crippen LogP contribution is -2.11. The number of amides is 1. The fraction of sp³-hybridized carbons (Fsp3) is 0. The Morgan fingerprint density at radius 1 is 0.920 bits per heavy atom. The Labute approximate surface area is 144 Å². The number of carbonyl (C=O) groups is 2. The highest BCUT2D eigenvalue weighted by atomic mass is 16.5. The van der Waals surface area contributed by atoms with E-state index in [1.807, 2.05) is 6.07 Å². The van der Waals surface area contributed by atoms with Gasteiger partial charge in [0.05, 0.1) is 6.26 Å². The second-order valence-corrected chi connectivity index (χ2v) is 5.11. The molecule has 3 aromatic rings. The minimum Gasteiger partial charge on any atom is -0.465 e. The van der Waals surface area contributed by atoms with E-state index in [0.29, 0.717) is 22.8 Å². The fourth-order valence-corrected chi connectivity index (χ4v) is 2.09. The topological polar surface area (TPSA) is 68.5 Å². The van der Waals surface area contributed by atoms with Gasteiger partial charge in [-0.15, -0.1) is 0 Å². The molecule has 0 unspecified atom stereocenters. The largest absolute Gasteiger partial charge is 0.465 e. The number of carbonyl (C=O) groups excluding carboxylic acids is 2. The molecule has 1 N–H and O–H groups in total. The number of esters is 1. The smallest absolute Gasteiger partial charge is 0.336 e. The molecule has 0 aliphatic heterocycles. The van der Waals surface area contributed by atoms with Gasteiger partial charge in [-0.1, -0.05) is 18.2 Å². The summed E-state index contributed by atoms with van der Waals surface area (Å²) in [5.41, 5.74) is 1.18. The number of nitrogens with one attached hydrogen (secondary N) is 1. The Morgan fingerprint density at radius 2 is 1.68 bits per heavy atom. The molecule has 25 heavy (non-hydrogen) atoms. The quantitative estimate of drug-likeness (QED) is 0.433. The van der Waals surface area contributed by atoms with Crippen LogP contribution in [0.4, 0.5) is 5.69 Å². The first-order chi connectivity index (χ1) is 12.2. The lowest BCUT2D eigenvalue weighted by molar-refractivity contribution is -0.128. The molecule has 0 bridgehead atoms. The zero-order valence-corrected chi connectivity index (χ0v) is 13.2. The Bertz CT molecular complexity index is 866. The lowest BCUT2D eigenvalue weighted by Gasteiger charge is -2.06. The van der Waals surface area contributed by atoms with Crippen molar-refractivity contribution in [2.45, 2.75) is 0 Å². The summed E-state index contributed by atoms with van der Waals surface area (Å²) in [5, 5.41) is 2.78. The molecule has 0 saturated heterocycles. The Morgan fingerprint density at radius 3 is 2.36 bits per heavy atom. The van der Waals surface area contributed by atoms with Crippen molar-refractivity contribution in [2.24, 2.45) is 0 Å². The van der Waals surface area contributed by atoms with E-state index in [0.717, 1.165) is 0 Å². The number of benzene rings is 2. The summed E-state index contributed by atoms with van der Waals surface area (Å²) in [4.78, 5) is 23.8. The summed E-state index contributed by atoms with van der Waals surface area (Å²) in [7, 11) is 0. The van der Waals surface area contributed by atoms with Gasteiger partial charge in [0.1, 0.15) is 11.5 Å². The van der Waals surface area contributed by atoms with Crippen LogP contribution < -0.4 is 10.1 Å². The maximum atomic E-state index is 12.1. The first-order valence-corrected chi connectivity index (χ1v) is 7.60. The van der Waals surface area contributed by atoms with E-state index in [9.17, 15) is 9.59 Å². The van der Waals surface area contributed by atoms with Gasteiger partial charge in [-0.2, -0.15) is 0 Å². The first-order valence-electron chi connectivity index (χ1n) is 7.60. The number of hydrogen-bond donors (Lipinski definition) is 1. The Kier molecular flexibility index (Phi) is 5.07. The maximum Gasteiger partial charge on any atom is 0.336 e. The van der Waals surface area contributed by atoms with Crippen LogP contribution in [0.1, 0.15) is 16.1 Å². The molecule has 3 rings (SSSR count). The SMILES string of the molecule is O=C(/C=C/c1ccco1)Oc1ccc(NC(=O)c2ccccc2)cc1. The molecule has 0 atom stereocenters. The molecule has 0 radical (unpaired) electrons. The zero-order chi connectivity index (χ0) is 17.5. The van der Waals surface area contributed by atoms with Gasteiger partial charge in [-0.05, 0) is 54.6 Å². The van der Waals surface area contributed by atoms with Crippen molar-refractivity contribution in [3.8, 4) is 5.75 Å². The molecule has 1 aromatic heterocycles. The van der Waals surface area contributed by atoms with Gasteiger partial charge in [0.25, 0.3) is 5.91 Å².